The average molecular weight is 497 g/mol. The van der Waals surface area contributed by atoms with Crippen LogP contribution in [0, 0.1) is 11.7 Å². The fourth-order valence-electron chi connectivity index (χ4n) is 4.81. The highest BCUT2D eigenvalue weighted by atomic mass is 19.1. The van der Waals surface area contributed by atoms with Gasteiger partial charge in [-0.1, -0.05) is 26.0 Å². The Morgan fingerprint density at radius 3 is 2.31 bits per heavy atom. The fraction of sp³-hybridized carbons (Fsp3) is 0.556. The summed E-state index contributed by atoms with van der Waals surface area (Å²) in [4.78, 5) is 40.6. The first-order valence-electron chi connectivity index (χ1n) is 12.7. The lowest BCUT2D eigenvalue weighted by Crippen LogP contribution is -2.48. The van der Waals surface area contributed by atoms with Crippen LogP contribution in [-0.4, -0.2) is 69.3 Å². The van der Waals surface area contributed by atoms with Gasteiger partial charge in [-0.15, -0.1) is 0 Å². The van der Waals surface area contributed by atoms with E-state index < -0.39 is 5.54 Å². The van der Waals surface area contributed by atoms with Gasteiger partial charge in [0.25, 0.3) is 5.91 Å². The van der Waals surface area contributed by atoms with E-state index in [-0.39, 0.29) is 23.7 Å². The highest BCUT2D eigenvalue weighted by Gasteiger charge is 2.38. The molecule has 9 heteroatoms. The van der Waals surface area contributed by atoms with Crippen LogP contribution in [0.25, 0.3) is 0 Å². The van der Waals surface area contributed by atoms with Crippen LogP contribution in [0.1, 0.15) is 63.2 Å². The van der Waals surface area contributed by atoms with Crippen LogP contribution in [0.15, 0.2) is 24.3 Å². The highest BCUT2D eigenvalue weighted by molar-refractivity contribution is 5.98. The van der Waals surface area contributed by atoms with E-state index in [0.717, 1.165) is 11.1 Å². The smallest absolute Gasteiger partial charge is 0.273 e. The van der Waals surface area contributed by atoms with E-state index in [2.05, 4.69) is 39.9 Å². The minimum absolute atomic E-state index is 0.0583. The van der Waals surface area contributed by atoms with Gasteiger partial charge in [0.2, 0.25) is 11.9 Å². The third-order valence-electron chi connectivity index (χ3n) is 7.27. The molecule has 1 unspecified atom stereocenters. The zero-order valence-electron chi connectivity index (χ0n) is 22.1. The second-order valence-corrected chi connectivity index (χ2v) is 10.9. The van der Waals surface area contributed by atoms with Crippen molar-refractivity contribution in [3.63, 3.8) is 0 Å². The normalized spacial score (nSPS) is 17.0. The van der Waals surface area contributed by atoms with Crippen LogP contribution in [0.3, 0.4) is 0 Å². The number of rotatable bonds is 7. The minimum Gasteiger partial charge on any atom is -0.364 e. The summed E-state index contributed by atoms with van der Waals surface area (Å²) in [6.45, 7) is 14.9. The molecule has 0 aliphatic carbocycles. The van der Waals surface area contributed by atoms with Gasteiger partial charge >= 0.3 is 0 Å². The van der Waals surface area contributed by atoms with Gasteiger partial charge in [-0.05, 0) is 50.8 Å². The number of fused-ring (bicyclic) bond motifs is 1. The lowest BCUT2D eigenvalue weighted by Gasteiger charge is -2.35. The zero-order valence-corrected chi connectivity index (χ0v) is 22.1. The number of anilines is 2. The molecule has 1 saturated heterocycles. The van der Waals surface area contributed by atoms with Gasteiger partial charge in [-0.25, -0.2) is 9.37 Å². The monoisotopic (exact) mass is 496 g/mol. The van der Waals surface area contributed by atoms with Crippen molar-refractivity contribution in [2.45, 2.75) is 66.1 Å². The molecule has 0 saturated carbocycles. The number of nitrogens with zero attached hydrogens (tertiary/aromatic N) is 5. The number of halogens is 1. The molecule has 0 bridgehead atoms. The molecule has 194 valence electrons. The lowest BCUT2D eigenvalue weighted by molar-refractivity contribution is -0.129. The minimum atomic E-state index is -0.412. The first kappa shape index (κ1) is 25.9. The number of piperazine rings is 1. The summed E-state index contributed by atoms with van der Waals surface area (Å²) in [7, 11) is 0. The predicted octanol–water partition coefficient (Wildman–Crippen LogP) is 3.72. The number of hydrogen-bond acceptors (Lipinski definition) is 6. The summed E-state index contributed by atoms with van der Waals surface area (Å²) in [6.07, 6.45) is 0.652. The maximum Gasteiger partial charge on any atom is 0.273 e. The maximum absolute atomic E-state index is 13.5. The van der Waals surface area contributed by atoms with E-state index in [0.29, 0.717) is 62.5 Å². The Kier molecular flexibility index (Phi) is 7.20. The third kappa shape index (κ3) is 5.44. The van der Waals surface area contributed by atoms with Gasteiger partial charge in [-0.3, -0.25) is 9.59 Å². The predicted molar refractivity (Wildman–Crippen MR) is 138 cm³/mol. The Bertz CT molecular complexity index is 1130. The summed E-state index contributed by atoms with van der Waals surface area (Å²) < 4.78 is 13.4. The summed E-state index contributed by atoms with van der Waals surface area (Å²) >= 11 is 0. The van der Waals surface area contributed by atoms with Crippen molar-refractivity contribution in [2.24, 2.45) is 5.92 Å². The standard InChI is InChI=1S/C27H37FN6O2/c1-17(2)18(3)34-16-22-23(25(34)36)29-26(33-13-11-32(12-14-33)19(4)35)30-24(22)31-27(5,6)15-20-7-9-21(28)10-8-20/h7-10,17-18H,11-16H2,1-6H3,(H,29,30,31). The summed E-state index contributed by atoms with van der Waals surface area (Å²) in [5, 5.41) is 3.58. The molecule has 3 heterocycles. The Balaban J connectivity index is 1.66. The Labute approximate surface area is 212 Å². The van der Waals surface area contributed by atoms with Crippen molar-refractivity contribution in [1.82, 2.24) is 19.8 Å². The van der Waals surface area contributed by atoms with Crippen molar-refractivity contribution in [3.8, 4) is 0 Å². The molecular weight excluding hydrogens is 459 g/mol. The number of nitrogens with one attached hydrogen (secondary N) is 1. The molecule has 2 aromatic rings. The van der Waals surface area contributed by atoms with Crippen molar-refractivity contribution in [2.75, 3.05) is 36.4 Å². The van der Waals surface area contributed by atoms with Crippen LogP contribution in [0.5, 0.6) is 0 Å². The first-order valence-corrected chi connectivity index (χ1v) is 12.7. The number of benzene rings is 1. The third-order valence-corrected chi connectivity index (χ3v) is 7.27. The van der Waals surface area contributed by atoms with E-state index in [1.165, 1.54) is 12.1 Å². The maximum atomic E-state index is 13.5. The molecule has 4 rings (SSSR count). The zero-order chi connectivity index (χ0) is 26.2. The van der Waals surface area contributed by atoms with Crippen molar-refractivity contribution in [3.05, 3.63) is 46.9 Å². The number of amides is 2. The molecule has 8 nitrogen and oxygen atoms in total. The highest BCUT2D eigenvalue weighted by Crippen LogP contribution is 2.33. The molecule has 1 N–H and O–H groups in total. The lowest BCUT2D eigenvalue weighted by atomic mass is 9.94. The van der Waals surface area contributed by atoms with Crippen molar-refractivity contribution >= 4 is 23.6 Å². The van der Waals surface area contributed by atoms with Gasteiger partial charge in [0.1, 0.15) is 17.3 Å². The number of hydrogen-bond donors (Lipinski definition) is 1. The molecule has 1 fully saturated rings. The topological polar surface area (TPSA) is 81.7 Å². The second kappa shape index (κ2) is 10.0. The first-order chi connectivity index (χ1) is 16.9. The Morgan fingerprint density at radius 2 is 1.72 bits per heavy atom. The molecule has 1 aromatic carbocycles. The summed E-state index contributed by atoms with van der Waals surface area (Å²) in [5.74, 6) is 1.19. The molecular formula is C27H37FN6O2. The Hall–Kier alpha value is -3.23. The van der Waals surface area contributed by atoms with Crippen LogP contribution >= 0.6 is 0 Å². The number of carbonyl (C=O) groups is 2. The van der Waals surface area contributed by atoms with E-state index in [1.54, 1.807) is 19.1 Å². The van der Waals surface area contributed by atoms with Crippen LogP contribution in [0.2, 0.25) is 0 Å². The molecule has 1 aromatic heterocycles. The molecule has 1 atom stereocenters. The van der Waals surface area contributed by atoms with Gasteiger partial charge in [0.05, 0.1) is 6.54 Å². The van der Waals surface area contributed by atoms with Gasteiger partial charge < -0.3 is 20.0 Å². The largest absolute Gasteiger partial charge is 0.364 e. The quantitative estimate of drug-likeness (QED) is 0.629. The van der Waals surface area contributed by atoms with Gasteiger partial charge in [0.15, 0.2) is 0 Å². The number of carbonyl (C=O) groups excluding carboxylic acids is 2. The van der Waals surface area contributed by atoms with E-state index in [1.807, 2.05) is 14.7 Å². The molecule has 2 aliphatic rings. The average Bonchev–Trinajstić information content (AvgIpc) is 3.16. The fourth-order valence-corrected chi connectivity index (χ4v) is 4.81. The molecule has 2 amide bonds. The van der Waals surface area contributed by atoms with Crippen molar-refractivity contribution in [1.29, 1.82) is 0 Å². The molecule has 0 radical (unpaired) electrons. The SMILES string of the molecule is CC(=O)N1CCN(c2nc(NC(C)(C)Cc3ccc(F)cc3)c3c(n2)C(=O)N(C(C)C(C)C)C3)CC1. The van der Waals surface area contributed by atoms with Crippen LogP contribution in [-0.2, 0) is 17.8 Å². The summed E-state index contributed by atoms with van der Waals surface area (Å²) in [5.41, 5.74) is 1.85. The Morgan fingerprint density at radius 1 is 1.08 bits per heavy atom. The molecule has 2 aliphatic heterocycles. The van der Waals surface area contributed by atoms with E-state index in [4.69, 9.17) is 9.97 Å². The van der Waals surface area contributed by atoms with Crippen LogP contribution < -0.4 is 10.2 Å². The molecule has 0 spiro atoms. The van der Waals surface area contributed by atoms with Crippen molar-refractivity contribution < 1.29 is 14.0 Å². The second-order valence-electron chi connectivity index (χ2n) is 10.9. The van der Waals surface area contributed by atoms with E-state index >= 15 is 0 Å². The van der Waals surface area contributed by atoms with Gasteiger partial charge in [0, 0.05) is 50.2 Å². The van der Waals surface area contributed by atoms with E-state index in [9.17, 15) is 14.0 Å². The summed E-state index contributed by atoms with van der Waals surface area (Å²) in [6, 6.07) is 6.58. The number of aromatic nitrogens is 2. The van der Waals surface area contributed by atoms with Crippen LogP contribution in [0.4, 0.5) is 16.2 Å². The van der Waals surface area contributed by atoms with Gasteiger partial charge in [-0.2, -0.15) is 4.98 Å². The molecule has 36 heavy (non-hydrogen) atoms.